The van der Waals surface area contributed by atoms with Gasteiger partial charge in [-0.15, -0.1) is 0 Å². The smallest absolute Gasteiger partial charge is 0.374 e. The molecule has 2 rings (SSSR count). The van der Waals surface area contributed by atoms with Crippen LogP contribution in [-0.4, -0.2) is 16.9 Å². The van der Waals surface area contributed by atoms with E-state index >= 15 is 0 Å². The van der Waals surface area contributed by atoms with Crippen molar-refractivity contribution in [2.75, 3.05) is 10.6 Å². The van der Waals surface area contributed by atoms with Gasteiger partial charge in [-0.2, -0.15) is 13.2 Å². The number of hydrogen-bond acceptors (Lipinski definition) is 4. The first-order valence-electron chi connectivity index (χ1n) is 7.99. The fourth-order valence-corrected chi connectivity index (χ4v) is 2.42. The minimum atomic E-state index is -4.85. The van der Waals surface area contributed by atoms with Crippen molar-refractivity contribution in [1.82, 2.24) is 0 Å². The molecule has 1 atom stereocenters. The first-order chi connectivity index (χ1) is 12.5. The highest BCUT2D eigenvalue weighted by Crippen LogP contribution is 2.37. The van der Waals surface area contributed by atoms with Crippen LogP contribution < -0.4 is 10.6 Å². The van der Waals surface area contributed by atoms with E-state index in [4.69, 9.17) is 0 Å². The van der Waals surface area contributed by atoms with Gasteiger partial charge in [0.05, 0.1) is 16.2 Å². The van der Waals surface area contributed by atoms with Crippen LogP contribution in [0.15, 0.2) is 36.4 Å². The molecule has 2 N–H and O–H groups in total. The van der Waals surface area contributed by atoms with Crippen LogP contribution in [0.3, 0.4) is 0 Å². The average Bonchev–Trinajstić information content (AvgIpc) is 2.57. The molecule has 0 saturated carbocycles. The van der Waals surface area contributed by atoms with Crippen molar-refractivity contribution in [3.63, 3.8) is 0 Å². The van der Waals surface area contributed by atoms with Crippen molar-refractivity contribution in [3.05, 3.63) is 63.2 Å². The summed E-state index contributed by atoms with van der Waals surface area (Å²) >= 11 is 0. The van der Waals surface area contributed by atoms with Gasteiger partial charge in [0.2, 0.25) is 5.91 Å². The average molecular weight is 381 g/mol. The van der Waals surface area contributed by atoms with Crippen LogP contribution in [0.2, 0.25) is 0 Å². The molecule has 0 bridgehead atoms. The molecule has 0 radical (unpaired) electrons. The minimum absolute atomic E-state index is 0.401. The zero-order valence-electron chi connectivity index (χ0n) is 14.8. The van der Waals surface area contributed by atoms with Gasteiger partial charge in [-0.25, -0.2) is 0 Å². The van der Waals surface area contributed by atoms with Crippen molar-refractivity contribution >= 4 is 23.0 Å². The number of halogens is 3. The van der Waals surface area contributed by atoms with Crippen LogP contribution in [0, 0.1) is 24.0 Å². The second-order valence-corrected chi connectivity index (χ2v) is 6.16. The summed E-state index contributed by atoms with van der Waals surface area (Å²) < 4.78 is 39.6. The van der Waals surface area contributed by atoms with Gasteiger partial charge < -0.3 is 10.6 Å². The zero-order chi connectivity index (χ0) is 20.4. The van der Waals surface area contributed by atoms with E-state index in [9.17, 15) is 28.1 Å². The van der Waals surface area contributed by atoms with Gasteiger partial charge in [0, 0.05) is 17.8 Å². The highest BCUT2D eigenvalue weighted by molar-refractivity contribution is 5.97. The van der Waals surface area contributed by atoms with E-state index in [0.29, 0.717) is 11.8 Å². The minimum Gasteiger partial charge on any atom is -0.374 e. The number of nitro groups is 1. The number of alkyl halides is 3. The summed E-state index contributed by atoms with van der Waals surface area (Å²) in [5.41, 5.74) is 0.0213. The van der Waals surface area contributed by atoms with Gasteiger partial charge in [0.25, 0.3) is 5.69 Å². The Balaban J connectivity index is 2.24. The van der Waals surface area contributed by atoms with Crippen LogP contribution in [0.1, 0.15) is 23.6 Å². The number of anilines is 2. The Bertz CT molecular complexity index is 882. The second-order valence-electron chi connectivity index (χ2n) is 6.16. The second kappa shape index (κ2) is 7.65. The summed E-state index contributed by atoms with van der Waals surface area (Å²) in [5, 5.41) is 15.9. The maximum atomic E-state index is 13.2. The molecule has 0 aliphatic rings. The first-order valence-corrected chi connectivity index (χ1v) is 7.99. The number of carbonyl (C=O) groups is 1. The van der Waals surface area contributed by atoms with Gasteiger partial charge in [0.1, 0.15) is 6.04 Å². The molecular weight excluding hydrogens is 363 g/mol. The van der Waals surface area contributed by atoms with Crippen molar-refractivity contribution in [3.8, 4) is 0 Å². The van der Waals surface area contributed by atoms with E-state index in [0.717, 1.165) is 23.3 Å². The third-order valence-corrected chi connectivity index (χ3v) is 3.94. The summed E-state index contributed by atoms with van der Waals surface area (Å²) in [6, 6.07) is 6.95. The maximum Gasteiger partial charge on any atom is 0.418 e. The topological polar surface area (TPSA) is 84.3 Å². The van der Waals surface area contributed by atoms with Gasteiger partial charge in [-0.1, -0.05) is 12.1 Å². The Kier molecular flexibility index (Phi) is 5.72. The largest absolute Gasteiger partial charge is 0.418 e. The van der Waals surface area contributed by atoms with E-state index in [1.807, 2.05) is 32.0 Å². The molecule has 1 amide bonds. The number of carbonyl (C=O) groups excluding carboxylic acids is 1. The maximum absolute atomic E-state index is 13.2. The molecule has 0 aliphatic carbocycles. The lowest BCUT2D eigenvalue weighted by Gasteiger charge is -2.19. The molecule has 144 valence electrons. The molecule has 2 aromatic carbocycles. The Morgan fingerprint density at radius 3 is 2.37 bits per heavy atom. The van der Waals surface area contributed by atoms with Crippen LogP contribution >= 0.6 is 0 Å². The van der Waals surface area contributed by atoms with Gasteiger partial charge >= 0.3 is 6.18 Å². The molecule has 0 heterocycles. The third-order valence-electron chi connectivity index (χ3n) is 3.94. The predicted molar refractivity (Wildman–Crippen MR) is 95.7 cm³/mol. The number of nitrogens with zero attached hydrogens (tertiary/aromatic N) is 1. The fourth-order valence-electron chi connectivity index (χ4n) is 2.42. The highest BCUT2D eigenvalue weighted by Gasteiger charge is 2.36. The lowest BCUT2D eigenvalue weighted by Crippen LogP contribution is -2.32. The molecule has 0 saturated heterocycles. The van der Waals surface area contributed by atoms with E-state index in [-0.39, 0.29) is 0 Å². The number of non-ortho nitro benzene ring substituents is 1. The van der Waals surface area contributed by atoms with Gasteiger partial charge in [0.15, 0.2) is 0 Å². The van der Waals surface area contributed by atoms with Crippen LogP contribution in [-0.2, 0) is 11.0 Å². The van der Waals surface area contributed by atoms with Crippen molar-refractivity contribution < 1.29 is 22.9 Å². The quantitative estimate of drug-likeness (QED) is 0.582. The summed E-state index contributed by atoms with van der Waals surface area (Å²) in [5.74, 6) is -0.699. The van der Waals surface area contributed by atoms with Crippen LogP contribution in [0.5, 0.6) is 0 Å². The van der Waals surface area contributed by atoms with Crippen molar-refractivity contribution in [2.24, 2.45) is 0 Å². The number of aryl methyl sites for hydroxylation is 2. The molecular formula is C18H18F3N3O3. The van der Waals surface area contributed by atoms with E-state index in [1.54, 1.807) is 0 Å². The summed E-state index contributed by atoms with van der Waals surface area (Å²) in [6.45, 7) is 5.22. The van der Waals surface area contributed by atoms with E-state index in [2.05, 4.69) is 10.6 Å². The lowest BCUT2D eigenvalue weighted by molar-refractivity contribution is -0.385. The summed E-state index contributed by atoms with van der Waals surface area (Å²) in [6.07, 6.45) is -4.85. The number of benzene rings is 2. The number of nitro benzene ring substituents is 1. The Morgan fingerprint density at radius 1 is 1.11 bits per heavy atom. The van der Waals surface area contributed by atoms with E-state index in [1.165, 1.54) is 6.92 Å². The molecule has 2 aromatic rings. The fraction of sp³-hybridized carbons (Fsp3) is 0.278. The predicted octanol–water partition coefficient (Wildman–Crippen LogP) is 4.67. The van der Waals surface area contributed by atoms with E-state index < -0.39 is 40.0 Å². The molecule has 1 unspecified atom stereocenters. The van der Waals surface area contributed by atoms with Crippen LogP contribution in [0.25, 0.3) is 0 Å². The zero-order valence-corrected chi connectivity index (χ0v) is 14.8. The summed E-state index contributed by atoms with van der Waals surface area (Å²) in [7, 11) is 0. The number of amides is 1. The normalized spacial score (nSPS) is 12.4. The van der Waals surface area contributed by atoms with Crippen molar-refractivity contribution in [2.45, 2.75) is 33.0 Å². The molecule has 9 heteroatoms. The number of hydrogen-bond donors (Lipinski definition) is 2. The third kappa shape index (κ3) is 4.96. The molecule has 0 fully saturated rings. The molecule has 0 aromatic heterocycles. The molecule has 0 spiro atoms. The lowest BCUT2D eigenvalue weighted by atomic mass is 10.1. The summed E-state index contributed by atoms with van der Waals surface area (Å²) in [4.78, 5) is 22.1. The first kappa shape index (κ1) is 20.2. The highest BCUT2D eigenvalue weighted by atomic mass is 19.4. The Hall–Kier alpha value is -3.10. The number of nitrogens with one attached hydrogen (secondary N) is 2. The molecule has 0 aliphatic heterocycles. The van der Waals surface area contributed by atoms with Crippen molar-refractivity contribution in [1.29, 1.82) is 0 Å². The Morgan fingerprint density at radius 2 is 1.78 bits per heavy atom. The van der Waals surface area contributed by atoms with Gasteiger partial charge in [-0.05, 0) is 44.0 Å². The standard InChI is InChI=1S/C18H18F3N3O3/c1-10-4-5-11(2)16(8-10)22-12(3)17(25)23-15-7-6-13(24(26)27)9-14(15)18(19,20)21/h4-9,12,22H,1-3H3,(H,23,25). The molecule has 6 nitrogen and oxygen atoms in total. The number of rotatable bonds is 5. The molecule has 27 heavy (non-hydrogen) atoms. The van der Waals surface area contributed by atoms with Gasteiger partial charge in [-0.3, -0.25) is 14.9 Å². The SMILES string of the molecule is Cc1ccc(C)c(NC(C)C(=O)Nc2ccc([N+](=O)[O-])cc2C(F)(F)F)c1. The Labute approximate surface area is 153 Å². The monoisotopic (exact) mass is 381 g/mol. The van der Waals surface area contributed by atoms with Crippen LogP contribution in [0.4, 0.5) is 30.2 Å².